The summed E-state index contributed by atoms with van der Waals surface area (Å²) in [5, 5.41) is 1.48. The Morgan fingerprint density at radius 2 is 1.63 bits per heavy atom. The lowest BCUT2D eigenvalue weighted by Crippen LogP contribution is -2.14. The smallest absolute Gasteiger partial charge is 0.339 e. The Kier molecular flexibility index (Phi) is 7.17. The van der Waals surface area contributed by atoms with Crippen LogP contribution in [0.2, 0.25) is 5.15 Å². The summed E-state index contributed by atoms with van der Waals surface area (Å²) in [4.78, 5) is 29.7. The van der Waals surface area contributed by atoms with Crippen LogP contribution in [0.25, 0.3) is 21.9 Å². The number of ether oxygens (including phenoxy) is 4. The molecule has 0 aliphatic rings. The molecular weight excluding hydrogens is 470 g/mol. The molecule has 1 heterocycles. The van der Waals surface area contributed by atoms with Crippen molar-refractivity contribution in [3.63, 3.8) is 0 Å². The first-order valence-electron chi connectivity index (χ1n) is 10.6. The maximum Gasteiger partial charge on any atom is 0.339 e. The zero-order valence-corrected chi connectivity index (χ0v) is 20.1. The Balaban J connectivity index is 2.00. The highest BCUT2D eigenvalue weighted by Gasteiger charge is 2.27. The minimum atomic E-state index is -0.696. The van der Waals surface area contributed by atoms with E-state index in [0.29, 0.717) is 40.0 Å². The van der Waals surface area contributed by atoms with Crippen LogP contribution in [0.3, 0.4) is 0 Å². The van der Waals surface area contributed by atoms with Crippen LogP contribution in [-0.2, 0) is 16.1 Å². The van der Waals surface area contributed by atoms with Gasteiger partial charge >= 0.3 is 11.9 Å². The number of pyridine rings is 1. The molecule has 4 aromatic rings. The molecule has 0 bridgehead atoms. The maximum atomic E-state index is 12.9. The van der Waals surface area contributed by atoms with E-state index in [2.05, 4.69) is 4.98 Å². The van der Waals surface area contributed by atoms with Gasteiger partial charge in [-0.15, -0.1) is 0 Å². The third kappa shape index (κ3) is 4.90. The van der Waals surface area contributed by atoms with Gasteiger partial charge in [-0.2, -0.15) is 0 Å². The van der Waals surface area contributed by atoms with Crippen molar-refractivity contribution >= 4 is 34.3 Å². The molecule has 0 aliphatic carbocycles. The van der Waals surface area contributed by atoms with Gasteiger partial charge in [-0.1, -0.05) is 41.9 Å². The number of esters is 2. The summed E-state index contributed by atoms with van der Waals surface area (Å²) in [6.07, 6.45) is 1.52. The lowest BCUT2D eigenvalue weighted by Gasteiger charge is -2.18. The number of nitrogens with zero attached hydrogens (tertiary/aromatic N) is 1. The first-order valence-corrected chi connectivity index (χ1v) is 11.0. The lowest BCUT2D eigenvalue weighted by molar-refractivity contribution is 0.0556. The van der Waals surface area contributed by atoms with Gasteiger partial charge in [-0.3, -0.25) is 0 Å². The molecular formula is C27H22ClNO6. The molecule has 8 heteroatoms. The first kappa shape index (κ1) is 24.0. The highest BCUT2D eigenvalue weighted by molar-refractivity contribution is 6.29. The molecule has 0 saturated heterocycles. The number of methoxy groups -OCH3 is 3. The Bertz CT molecular complexity index is 1400. The number of aromatic nitrogens is 1. The number of rotatable bonds is 7. The largest absolute Gasteiger partial charge is 0.493 e. The van der Waals surface area contributed by atoms with Crippen molar-refractivity contribution in [3.05, 3.63) is 88.7 Å². The SMILES string of the molecule is COC(=O)c1cc2cc(OCc3ccccc3)c(OC)cc2c(-c2ccnc(Cl)c2)c1C(=O)OC. The second-order valence-electron chi connectivity index (χ2n) is 7.52. The molecule has 1 aromatic heterocycles. The third-order valence-corrected chi connectivity index (χ3v) is 5.68. The lowest BCUT2D eigenvalue weighted by atomic mass is 9.89. The molecule has 7 nitrogen and oxygen atoms in total. The van der Waals surface area contributed by atoms with Crippen LogP contribution < -0.4 is 9.47 Å². The van der Waals surface area contributed by atoms with Crippen LogP contribution in [0.15, 0.2) is 66.9 Å². The molecule has 0 spiro atoms. The number of fused-ring (bicyclic) bond motifs is 1. The van der Waals surface area contributed by atoms with Crippen LogP contribution in [0.5, 0.6) is 11.5 Å². The van der Waals surface area contributed by atoms with Gasteiger partial charge in [0.05, 0.1) is 32.5 Å². The number of carbonyl (C=O) groups is 2. The van der Waals surface area contributed by atoms with E-state index in [-0.39, 0.29) is 16.3 Å². The zero-order chi connectivity index (χ0) is 24.9. The molecule has 0 amide bonds. The summed E-state index contributed by atoms with van der Waals surface area (Å²) in [7, 11) is 4.03. The van der Waals surface area contributed by atoms with Gasteiger partial charge in [0.15, 0.2) is 11.5 Å². The average molecular weight is 492 g/mol. The maximum absolute atomic E-state index is 12.9. The molecule has 0 saturated carbocycles. The van der Waals surface area contributed by atoms with E-state index in [0.717, 1.165) is 5.56 Å². The Hall–Kier alpha value is -4.10. The molecule has 4 rings (SSSR count). The summed E-state index contributed by atoms with van der Waals surface area (Å²) in [5.41, 5.74) is 2.09. The van der Waals surface area contributed by atoms with Crippen LogP contribution in [0.4, 0.5) is 0 Å². The summed E-state index contributed by atoms with van der Waals surface area (Å²) in [6, 6.07) is 18.1. The Morgan fingerprint density at radius 3 is 2.29 bits per heavy atom. The first-order chi connectivity index (χ1) is 17.0. The van der Waals surface area contributed by atoms with E-state index < -0.39 is 11.9 Å². The van der Waals surface area contributed by atoms with Crippen LogP contribution in [-0.4, -0.2) is 38.3 Å². The van der Waals surface area contributed by atoms with Gasteiger partial charge in [-0.05, 0) is 52.2 Å². The molecule has 0 radical (unpaired) electrons. The standard InChI is InChI=1S/C27H22ClNO6/c1-32-21-14-19-18(12-22(21)35-15-16-7-5-4-6-8-16)11-20(26(30)33-2)25(27(31)34-3)24(19)17-9-10-29-23(28)13-17/h4-14H,15H2,1-3H3. The second-order valence-corrected chi connectivity index (χ2v) is 7.91. The van der Waals surface area contributed by atoms with Gasteiger partial charge in [0.1, 0.15) is 11.8 Å². The van der Waals surface area contributed by atoms with Crippen molar-refractivity contribution < 1.29 is 28.5 Å². The van der Waals surface area contributed by atoms with Crippen LogP contribution in [0.1, 0.15) is 26.3 Å². The highest BCUT2D eigenvalue weighted by Crippen LogP contribution is 2.41. The van der Waals surface area contributed by atoms with Gasteiger partial charge < -0.3 is 18.9 Å². The van der Waals surface area contributed by atoms with Crippen LogP contribution in [0, 0.1) is 0 Å². The molecule has 35 heavy (non-hydrogen) atoms. The monoisotopic (exact) mass is 491 g/mol. The summed E-state index contributed by atoms with van der Waals surface area (Å²) < 4.78 is 21.7. The van der Waals surface area contributed by atoms with E-state index in [4.69, 9.17) is 30.5 Å². The van der Waals surface area contributed by atoms with E-state index in [1.165, 1.54) is 27.5 Å². The van der Waals surface area contributed by atoms with Crippen molar-refractivity contribution in [2.24, 2.45) is 0 Å². The van der Waals surface area contributed by atoms with Gasteiger partial charge in [0, 0.05) is 11.8 Å². The topological polar surface area (TPSA) is 84.0 Å². The average Bonchev–Trinajstić information content (AvgIpc) is 2.89. The van der Waals surface area contributed by atoms with E-state index in [9.17, 15) is 9.59 Å². The molecule has 178 valence electrons. The van der Waals surface area contributed by atoms with Crippen molar-refractivity contribution in [2.45, 2.75) is 6.61 Å². The van der Waals surface area contributed by atoms with E-state index >= 15 is 0 Å². The number of benzene rings is 3. The fraction of sp³-hybridized carbons (Fsp3) is 0.148. The number of hydrogen-bond acceptors (Lipinski definition) is 7. The summed E-state index contributed by atoms with van der Waals surface area (Å²) in [6.45, 7) is 0.319. The Labute approximate surface area is 207 Å². The molecule has 0 fully saturated rings. The minimum absolute atomic E-state index is 0.0500. The summed E-state index contributed by atoms with van der Waals surface area (Å²) in [5.74, 6) is -0.449. The van der Waals surface area contributed by atoms with E-state index in [1.54, 1.807) is 30.3 Å². The van der Waals surface area contributed by atoms with E-state index in [1.807, 2.05) is 30.3 Å². The number of halogens is 1. The van der Waals surface area contributed by atoms with Gasteiger partial charge in [-0.25, -0.2) is 14.6 Å². The molecule has 0 N–H and O–H groups in total. The highest BCUT2D eigenvalue weighted by atomic mass is 35.5. The molecule has 0 unspecified atom stereocenters. The Morgan fingerprint density at radius 1 is 0.886 bits per heavy atom. The minimum Gasteiger partial charge on any atom is -0.493 e. The predicted molar refractivity (Wildman–Crippen MR) is 132 cm³/mol. The zero-order valence-electron chi connectivity index (χ0n) is 19.3. The van der Waals surface area contributed by atoms with Crippen molar-refractivity contribution in [3.8, 4) is 22.6 Å². The van der Waals surface area contributed by atoms with Crippen LogP contribution >= 0.6 is 11.6 Å². The molecule has 3 aromatic carbocycles. The third-order valence-electron chi connectivity index (χ3n) is 5.47. The van der Waals surface area contributed by atoms with Crippen molar-refractivity contribution in [1.29, 1.82) is 0 Å². The van der Waals surface area contributed by atoms with Crippen molar-refractivity contribution in [2.75, 3.05) is 21.3 Å². The second kappa shape index (κ2) is 10.4. The van der Waals surface area contributed by atoms with Gasteiger partial charge in [0.2, 0.25) is 0 Å². The fourth-order valence-corrected chi connectivity index (χ4v) is 4.03. The fourth-order valence-electron chi connectivity index (χ4n) is 3.86. The number of hydrogen-bond donors (Lipinski definition) is 0. The quantitative estimate of drug-likeness (QED) is 0.241. The summed E-state index contributed by atoms with van der Waals surface area (Å²) >= 11 is 6.16. The van der Waals surface area contributed by atoms with Crippen molar-refractivity contribution in [1.82, 2.24) is 4.98 Å². The van der Waals surface area contributed by atoms with Gasteiger partial charge in [0.25, 0.3) is 0 Å². The normalized spacial score (nSPS) is 10.6. The predicted octanol–water partition coefficient (Wildman–Crippen LogP) is 5.72. The molecule has 0 atom stereocenters. The number of carbonyl (C=O) groups excluding carboxylic acids is 2. The molecule has 0 aliphatic heterocycles.